The van der Waals surface area contributed by atoms with Gasteiger partial charge in [-0.3, -0.25) is 19.5 Å². The molecule has 86 heavy (non-hydrogen) atoms. The van der Waals surface area contributed by atoms with Crippen molar-refractivity contribution in [1.29, 1.82) is 0 Å². The number of ether oxygens (including phenoxy) is 2. The van der Waals surface area contributed by atoms with E-state index in [1.807, 2.05) is 62.4 Å². The number of halogens is 2. The van der Waals surface area contributed by atoms with E-state index in [0.29, 0.717) is 78.4 Å². The van der Waals surface area contributed by atoms with Crippen LogP contribution < -0.4 is 25.2 Å². The molecule has 22 heteroatoms. The molecule has 2 bridgehead atoms. The minimum atomic E-state index is -0.871. The number of carbonyl (C=O) groups excluding carboxylic acids is 3. The van der Waals surface area contributed by atoms with Gasteiger partial charge in [-0.2, -0.15) is 9.97 Å². The summed E-state index contributed by atoms with van der Waals surface area (Å²) in [5, 5.41) is 23.5. The number of rotatable bonds is 15. The van der Waals surface area contributed by atoms with Crippen LogP contribution in [0.1, 0.15) is 100 Å². The number of terminal acetylenes is 1. The standard InChI is InChI=1S/C64H70F2N12O7S/c1-6-46-49(65)18-15-40-9-7-10-47(54(40)46)56-55(66)57-48(29-67-56)59(76-30-42-16-17-43(31-76)70-42)72-62(71-57)84-34-64-20-8-22-78(64)44(19-21-64)33-83-63(82)75-25-23-74(24-26-75)52-28-51(85-73-52)53(36(2)3)61(81)77-32-45(79)27-50(77)60(80)69-37(4)39-11-13-41(14-12-39)58-38(5)68-35-86-58/h1,7,9-15,18,28-29,35-37,42-45,50,53,70,79H,8,16-17,19-27,30-34H2,2-5H3,(H,69,80)/t37-,42?,43?,44+,45+,50-,53+,64-/m0/s1. The summed E-state index contributed by atoms with van der Waals surface area (Å²) >= 11 is 1.58. The fourth-order valence-electron chi connectivity index (χ4n) is 14.2. The van der Waals surface area contributed by atoms with E-state index in [9.17, 15) is 19.5 Å². The Balaban J connectivity index is 0.634. The highest BCUT2D eigenvalue weighted by Gasteiger charge is 2.51. The van der Waals surface area contributed by atoms with Crippen molar-refractivity contribution in [1.82, 2.24) is 50.4 Å². The summed E-state index contributed by atoms with van der Waals surface area (Å²) in [6.45, 7) is 12.0. The van der Waals surface area contributed by atoms with Crippen LogP contribution in [0.25, 0.3) is 43.4 Å². The monoisotopic (exact) mass is 1190 g/mol. The van der Waals surface area contributed by atoms with Gasteiger partial charge in [0.1, 0.15) is 48.0 Å². The maximum atomic E-state index is 17.3. The van der Waals surface area contributed by atoms with E-state index >= 15 is 8.78 Å². The molecule has 0 saturated carbocycles. The normalized spacial score (nSPS) is 23.7. The van der Waals surface area contributed by atoms with E-state index in [0.717, 1.165) is 66.8 Å². The van der Waals surface area contributed by atoms with Crippen molar-refractivity contribution in [3.8, 4) is 40.1 Å². The number of aliphatic hydroxyl groups excluding tert-OH is 1. The molecule has 3 aromatic carbocycles. The first-order valence-corrected chi connectivity index (χ1v) is 30.9. The van der Waals surface area contributed by atoms with Gasteiger partial charge in [-0.25, -0.2) is 18.6 Å². The molecule has 13 rings (SSSR count). The Hall–Kier alpha value is -7.84. The smallest absolute Gasteiger partial charge is 0.409 e. The fraction of sp³-hybridized carbons (Fsp3) is 0.469. The third kappa shape index (κ3) is 10.7. The zero-order valence-electron chi connectivity index (χ0n) is 48.7. The summed E-state index contributed by atoms with van der Waals surface area (Å²) in [5.74, 6) is 1.01. The molecule has 0 spiro atoms. The van der Waals surface area contributed by atoms with Crippen molar-refractivity contribution in [2.45, 2.75) is 120 Å². The summed E-state index contributed by atoms with van der Waals surface area (Å²) in [5.41, 5.74) is 4.82. The third-order valence-corrected chi connectivity index (χ3v) is 19.7. The average molecular weight is 1190 g/mol. The van der Waals surface area contributed by atoms with Crippen LogP contribution in [0.4, 0.5) is 25.2 Å². The highest BCUT2D eigenvalue weighted by molar-refractivity contribution is 7.13. The minimum absolute atomic E-state index is 0.00215. The first kappa shape index (κ1) is 57.2. The zero-order chi connectivity index (χ0) is 59.5. The second kappa shape index (κ2) is 23.4. The molecule has 6 aliphatic rings. The summed E-state index contributed by atoms with van der Waals surface area (Å²) in [7, 11) is 0. The molecule has 3 amide bonds. The van der Waals surface area contributed by atoms with E-state index in [2.05, 4.69) is 41.5 Å². The number of amides is 3. The van der Waals surface area contributed by atoms with E-state index in [-0.39, 0.29) is 96.4 Å². The number of anilines is 2. The predicted octanol–water partition coefficient (Wildman–Crippen LogP) is 8.38. The number of nitrogens with one attached hydrogen (secondary N) is 2. The lowest BCUT2D eigenvalue weighted by molar-refractivity contribution is -0.141. The van der Waals surface area contributed by atoms with E-state index < -0.39 is 35.8 Å². The summed E-state index contributed by atoms with van der Waals surface area (Å²) in [4.78, 5) is 71.7. The maximum Gasteiger partial charge on any atom is 0.409 e. The van der Waals surface area contributed by atoms with Gasteiger partial charge in [0.15, 0.2) is 17.4 Å². The fourth-order valence-corrected chi connectivity index (χ4v) is 15.0. The van der Waals surface area contributed by atoms with Crippen molar-refractivity contribution < 1.29 is 42.3 Å². The number of hydrogen-bond acceptors (Lipinski definition) is 17. The van der Waals surface area contributed by atoms with Crippen LogP contribution in [0.3, 0.4) is 0 Å². The van der Waals surface area contributed by atoms with Gasteiger partial charge < -0.3 is 49.3 Å². The molecule has 448 valence electrons. The van der Waals surface area contributed by atoms with E-state index in [4.69, 9.17) is 30.4 Å². The molecule has 0 aliphatic carbocycles. The Kier molecular flexibility index (Phi) is 15.6. The quantitative estimate of drug-likeness (QED) is 0.0824. The highest BCUT2D eigenvalue weighted by atomic mass is 32.1. The molecule has 4 aromatic heterocycles. The number of piperazine rings is 2. The number of aryl methyl sites for hydroxylation is 1. The lowest BCUT2D eigenvalue weighted by atomic mass is 9.91. The van der Waals surface area contributed by atoms with Gasteiger partial charge in [0.05, 0.1) is 44.7 Å². The summed E-state index contributed by atoms with van der Waals surface area (Å²) in [6.07, 6.45) is 11.7. The van der Waals surface area contributed by atoms with Gasteiger partial charge in [0.25, 0.3) is 0 Å². The molecule has 6 aliphatic heterocycles. The number of benzene rings is 3. The number of thiazole rings is 1. The topological polar surface area (TPSA) is 208 Å². The highest BCUT2D eigenvalue weighted by Crippen LogP contribution is 2.44. The van der Waals surface area contributed by atoms with Crippen molar-refractivity contribution >= 4 is 62.6 Å². The van der Waals surface area contributed by atoms with Gasteiger partial charge in [-0.15, -0.1) is 17.8 Å². The largest absolute Gasteiger partial charge is 0.461 e. The molecular formula is C64H70F2N12O7S. The van der Waals surface area contributed by atoms with Gasteiger partial charge in [-0.05, 0) is 87.4 Å². The number of fused-ring (bicyclic) bond motifs is 5. The van der Waals surface area contributed by atoms with Gasteiger partial charge in [0.2, 0.25) is 11.8 Å². The molecule has 10 heterocycles. The van der Waals surface area contributed by atoms with Crippen molar-refractivity contribution in [3.63, 3.8) is 0 Å². The molecular weight excluding hydrogens is 1120 g/mol. The van der Waals surface area contributed by atoms with Gasteiger partial charge in [0, 0.05) is 93.6 Å². The summed E-state index contributed by atoms with van der Waals surface area (Å²) in [6, 6.07) is 17.3. The Labute approximate surface area is 501 Å². The van der Waals surface area contributed by atoms with Crippen LogP contribution in [-0.4, -0.2) is 164 Å². The molecule has 0 radical (unpaired) electrons. The summed E-state index contributed by atoms with van der Waals surface area (Å²) < 4.78 is 51.0. The number of nitrogens with zero attached hydrogens (tertiary/aromatic N) is 10. The number of aliphatic hydroxyl groups is 1. The number of hydrogen-bond donors (Lipinski definition) is 3. The van der Waals surface area contributed by atoms with Crippen LogP contribution >= 0.6 is 11.3 Å². The number of β-amino-alcohol motifs (C(OH)–C–C–N with tert-alkyl or cyclic N) is 1. The zero-order valence-corrected chi connectivity index (χ0v) is 49.5. The molecule has 3 N–H and O–H groups in total. The molecule has 19 nitrogen and oxygen atoms in total. The van der Waals surface area contributed by atoms with Gasteiger partial charge >= 0.3 is 12.1 Å². The molecule has 6 saturated heterocycles. The molecule has 7 aromatic rings. The second-order valence-corrected chi connectivity index (χ2v) is 25.3. The van der Waals surface area contributed by atoms with Crippen LogP contribution in [0.2, 0.25) is 0 Å². The van der Waals surface area contributed by atoms with Crippen LogP contribution in [0, 0.1) is 36.8 Å². The van der Waals surface area contributed by atoms with Crippen LogP contribution in [0.5, 0.6) is 6.01 Å². The Bertz CT molecular complexity index is 3760. The van der Waals surface area contributed by atoms with E-state index in [1.165, 1.54) is 11.0 Å². The van der Waals surface area contributed by atoms with Crippen LogP contribution in [0.15, 0.2) is 76.9 Å². The SMILES string of the molecule is C#Cc1c(F)ccc2cccc(-c3ncc4c(N5CC6CCC(C5)N6)nc(OC[C@@]56CCCN5[C@@H](COC(=O)N5CCN(c7cc([C@H](C(=O)N8C[C@H](O)C[C@H]8C(=O)N[C@@H](C)c8ccc(-c9scnc9C)cc8)C(C)C)on7)CC5)CC6)nc4c3F)c12. The van der Waals surface area contributed by atoms with Crippen molar-refractivity contribution in [2.24, 2.45) is 5.92 Å². The number of pyridine rings is 1. The van der Waals surface area contributed by atoms with Gasteiger partial charge in [-0.1, -0.05) is 73.5 Å². The minimum Gasteiger partial charge on any atom is -0.461 e. The predicted molar refractivity (Wildman–Crippen MR) is 322 cm³/mol. The Morgan fingerprint density at radius 3 is 2.49 bits per heavy atom. The second-order valence-electron chi connectivity index (χ2n) is 24.4. The lowest BCUT2D eigenvalue weighted by Gasteiger charge is -2.36. The van der Waals surface area contributed by atoms with Crippen molar-refractivity contribution in [3.05, 3.63) is 107 Å². The Morgan fingerprint density at radius 2 is 1.74 bits per heavy atom. The molecule has 2 unspecified atom stereocenters. The number of aromatic nitrogens is 5. The maximum absolute atomic E-state index is 17.3. The van der Waals surface area contributed by atoms with E-state index in [1.54, 1.807) is 52.8 Å². The third-order valence-electron chi connectivity index (χ3n) is 18.7. The number of likely N-dealkylation sites (tertiary alicyclic amines) is 1. The first-order chi connectivity index (χ1) is 41.6. The average Bonchev–Trinajstić information content (AvgIpc) is 1.70. The first-order valence-electron chi connectivity index (χ1n) is 30.0. The lowest BCUT2D eigenvalue weighted by Crippen LogP contribution is -2.51. The van der Waals surface area contributed by atoms with Crippen molar-refractivity contribution in [2.75, 3.05) is 75.4 Å². The Morgan fingerprint density at radius 1 is 0.953 bits per heavy atom. The molecule has 6 fully saturated rings. The number of carbonyl (C=O) groups is 3. The molecule has 8 atom stereocenters. The van der Waals surface area contributed by atoms with Crippen LogP contribution in [-0.2, 0) is 14.3 Å².